The van der Waals surface area contributed by atoms with Crippen molar-refractivity contribution in [2.45, 2.75) is 50.3 Å². The normalized spacial score (nSPS) is 23.6. The number of imidazole rings is 1. The first-order valence-electron chi connectivity index (χ1n) is 14.0. The molecule has 6 rings (SSSR count). The zero-order valence-electron chi connectivity index (χ0n) is 23.8. The molecule has 11 heteroatoms. The number of ether oxygens (including phenoxy) is 4. The molecule has 3 heterocycles. The van der Waals surface area contributed by atoms with Crippen LogP contribution in [-0.2, 0) is 49.4 Å². The Morgan fingerprint density at radius 1 is 0.837 bits per heavy atom. The Kier molecular flexibility index (Phi) is 8.43. The largest absolute Gasteiger partial charge is 0.381 e. The summed E-state index contributed by atoms with van der Waals surface area (Å²) in [6.45, 7) is 2.92. The van der Waals surface area contributed by atoms with Crippen LogP contribution in [0.2, 0.25) is 0 Å². The molecule has 1 unspecified atom stereocenters. The van der Waals surface area contributed by atoms with Gasteiger partial charge in [0.15, 0.2) is 17.1 Å². The monoisotopic (exact) mass is 582 g/mol. The lowest BCUT2D eigenvalue weighted by molar-refractivity contribution is -0.320. The van der Waals surface area contributed by atoms with E-state index in [9.17, 15) is 0 Å². The lowest BCUT2D eigenvalue weighted by atomic mass is 9.87. The van der Waals surface area contributed by atoms with E-state index in [1.165, 1.54) is 10.8 Å². The van der Waals surface area contributed by atoms with E-state index >= 15 is 0 Å². The topological polar surface area (TPSA) is 141 Å². The van der Waals surface area contributed by atoms with Crippen molar-refractivity contribution in [3.63, 3.8) is 0 Å². The highest BCUT2D eigenvalue weighted by Crippen LogP contribution is 2.51. The van der Waals surface area contributed by atoms with Crippen LogP contribution in [0.25, 0.3) is 5.65 Å². The van der Waals surface area contributed by atoms with Gasteiger partial charge in [-0.2, -0.15) is 5.10 Å². The van der Waals surface area contributed by atoms with Crippen LogP contribution in [0.1, 0.15) is 29.3 Å². The molecule has 0 saturated carbocycles. The third kappa shape index (κ3) is 5.62. The van der Waals surface area contributed by atoms with E-state index < -0.39 is 23.6 Å². The summed E-state index contributed by atoms with van der Waals surface area (Å²) in [5.74, 6) is 4.63. The number of nitrogen functional groups attached to an aromatic ring is 1. The highest BCUT2D eigenvalue weighted by molar-refractivity contribution is 5.59. The molecule has 0 aliphatic carbocycles. The SMILES string of the molecule is C[C@@]1(OCc2ccccc2)[C@H](OCc2ccccc2)[C@@H](COCc2ccccc2)OC1(ON)c1cnc2c(N)ncnn12. The predicted molar refractivity (Wildman–Crippen MR) is 158 cm³/mol. The van der Waals surface area contributed by atoms with E-state index in [0.717, 1.165) is 16.7 Å². The van der Waals surface area contributed by atoms with Crippen molar-refractivity contribution in [3.05, 3.63) is 126 Å². The molecule has 3 aromatic carbocycles. The van der Waals surface area contributed by atoms with Crippen molar-refractivity contribution in [1.82, 2.24) is 19.6 Å². The van der Waals surface area contributed by atoms with E-state index in [0.29, 0.717) is 17.9 Å². The second-order valence-corrected chi connectivity index (χ2v) is 10.5. The van der Waals surface area contributed by atoms with Gasteiger partial charge in [0.05, 0.1) is 32.6 Å². The van der Waals surface area contributed by atoms with Crippen molar-refractivity contribution in [3.8, 4) is 0 Å². The van der Waals surface area contributed by atoms with Crippen molar-refractivity contribution in [2.75, 3.05) is 12.3 Å². The molecule has 0 amide bonds. The van der Waals surface area contributed by atoms with Crippen molar-refractivity contribution < 1.29 is 23.8 Å². The van der Waals surface area contributed by atoms with E-state index in [4.69, 9.17) is 35.4 Å². The van der Waals surface area contributed by atoms with E-state index in [1.807, 2.05) is 97.9 Å². The second-order valence-electron chi connectivity index (χ2n) is 10.5. The molecular weight excluding hydrogens is 548 g/mol. The predicted octanol–water partition coefficient (Wildman–Crippen LogP) is 3.93. The van der Waals surface area contributed by atoms with Crippen molar-refractivity contribution >= 4 is 11.5 Å². The first-order chi connectivity index (χ1) is 21.0. The third-order valence-corrected chi connectivity index (χ3v) is 7.73. The van der Waals surface area contributed by atoms with Gasteiger partial charge in [-0.25, -0.2) is 20.4 Å². The average molecular weight is 583 g/mol. The average Bonchev–Trinajstić information content (AvgIpc) is 3.59. The number of aromatic nitrogens is 4. The highest BCUT2D eigenvalue weighted by Gasteiger charge is 2.69. The molecule has 4 atom stereocenters. The number of hydrogen-bond donors (Lipinski definition) is 2. The second kappa shape index (κ2) is 12.6. The Morgan fingerprint density at radius 3 is 2.07 bits per heavy atom. The number of hydrogen-bond acceptors (Lipinski definition) is 10. The van der Waals surface area contributed by atoms with Gasteiger partial charge in [-0.1, -0.05) is 91.0 Å². The van der Waals surface area contributed by atoms with E-state index in [-0.39, 0.29) is 25.6 Å². The van der Waals surface area contributed by atoms with Gasteiger partial charge in [-0.15, -0.1) is 0 Å². The summed E-state index contributed by atoms with van der Waals surface area (Å²) in [7, 11) is 0. The Hall–Kier alpha value is -4.23. The molecule has 1 fully saturated rings. The van der Waals surface area contributed by atoms with E-state index in [1.54, 1.807) is 6.20 Å². The first-order valence-corrected chi connectivity index (χ1v) is 14.0. The number of benzene rings is 3. The summed E-state index contributed by atoms with van der Waals surface area (Å²) >= 11 is 0. The number of nitrogens with zero attached hydrogens (tertiary/aromatic N) is 4. The number of rotatable bonds is 12. The molecule has 0 bridgehead atoms. The van der Waals surface area contributed by atoms with Gasteiger partial charge in [-0.3, -0.25) is 4.84 Å². The molecule has 0 spiro atoms. The Bertz CT molecular complexity index is 1620. The summed E-state index contributed by atoms with van der Waals surface area (Å²) < 4.78 is 27.8. The first kappa shape index (κ1) is 28.9. The molecule has 43 heavy (non-hydrogen) atoms. The molecule has 2 aromatic heterocycles. The number of anilines is 1. The number of fused-ring (bicyclic) bond motifs is 1. The standard InChI is InChI=1S/C32H34N6O5/c1-31(41-20-25-15-9-4-10-16-25)28(40-19-24-13-7-3-8-14-24)26(21-39-18-23-11-5-2-6-12-23)42-32(31,43-34)27-17-35-30-29(33)36-22-37-38(27)30/h2-17,22,26,28H,18-21,34H2,1H3,(H2,33,36,37)/t26-,28-,31-,32?/m1/s1. The molecular formula is C32H34N6O5. The van der Waals surface area contributed by atoms with Crippen LogP contribution in [0.5, 0.6) is 0 Å². The third-order valence-electron chi connectivity index (χ3n) is 7.73. The summed E-state index contributed by atoms with van der Waals surface area (Å²) in [5, 5.41) is 4.39. The summed E-state index contributed by atoms with van der Waals surface area (Å²) in [6, 6.07) is 29.6. The maximum Gasteiger partial charge on any atom is 0.264 e. The zero-order chi connectivity index (χ0) is 29.7. The van der Waals surface area contributed by atoms with Crippen molar-refractivity contribution in [2.24, 2.45) is 5.90 Å². The lowest BCUT2D eigenvalue weighted by Crippen LogP contribution is -2.57. The lowest BCUT2D eigenvalue weighted by Gasteiger charge is -2.41. The fraction of sp³-hybridized carbons (Fsp3) is 0.281. The minimum absolute atomic E-state index is 0.164. The molecule has 11 nitrogen and oxygen atoms in total. The molecule has 1 saturated heterocycles. The quantitative estimate of drug-likeness (QED) is 0.208. The summed E-state index contributed by atoms with van der Waals surface area (Å²) in [4.78, 5) is 14.3. The Balaban J connectivity index is 1.41. The Labute approximate surface area is 249 Å². The fourth-order valence-corrected chi connectivity index (χ4v) is 5.51. The smallest absolute Gasteiger partial charge is 0.264 e. The van der Waals surface area contributed by atoms with Crippen LogP contribution in [0.15, 0.2) is 104 Å². The van der Waals surface area contributed by atoms with Crippen LogP contribution >= 0.6 is 0 Å². The minimum Gasteiger partial charge on any atom is -0.381 e. The van der Waals surface area contributed by atoms with Crippen LogP contribution < -0.4 is 11.6 Å². The summed E-state index contributed by atoms with van der Waals surface area (Å²) in [5.41, 5.74) is 8.45. The highest BCUT2D eigenvalue weighted by atomic mass is 16.8. The van der Waals surface area contributed by atoms with Gasteiger partial charge in [-0.05, 0) is 23.6 Å². The molecule has 4 N–H and O–H groups in total. The van der Waals surface area contributed by atoms with Crippen LogP contribution in [0.4, 0.5) is 5.82 Å². The van der Waals surface area contributed by atoms with Crippen LogP contribution in [-0.4, -0.2) is 44.0 Å². The van der Waals surface area contributed by atoms with Gasteiger partial charge in [0, 0.05) is 0 Å². The van der Waals surface area contributed by atoms with Crippen LogP contribution in [0.3, 0.4) is 0 Å². The maximum atomic E-state index is 6.76. The molecule has 222 valence electrons. The Morgan fingerprint density at radius 2 is 1.44 bits per heavy atom. The molecule has 5 aromatic rings. The number of nitrogens with two attached hydrogens (primary N) is 2. The minimum atomic E-state index is -1.73. The van der Waals surface area contributed by atoms with Gasteiger partial charge in [0.1, 0.15) is 24.2 Å². The van der Waals surface area contributed by atoms with Crippen molar-refractivity contribution in [1.29, 1.82) is 0 Å². The van der Waals surface area contributed by atoms with Gasteiger partial charge in [0.2, 0.25) is 0 Å². The molecule has 0 radical (unpaired) electrons. The zero-order valence-corrected chi connectivity index (χ0v) is 23.8. The van der Waals surface area contributed by atoms with E-state index in [2.05, 4.69) is 15.1 Å². The van der Waals surface area contributed by atoms with Gasteiger partial charge in [0.25, 0.3) is 5.79 Å². The van der Waals surface area contributed by atoms with Gasteiger partial charge < -0.3 is 24.7 Å². The maximum absolute atomic E-state index is 6.76. The molecule has 1 aliphatic rings. The summed E-state index contributed by atoms with van der Waals surface area (Å²) in [6.07, 6.45) is 1.51. The van der Waals surface area contributed by atoms with Crippen LogP contribution in [0, 0.1) is 0 Å². The molecule has 1 aliphatic heterocycles. The van der Waals surface area contributed by atoms with Gasteiger partial charge >= 0.3 is 0 Å². The fourth-order valence-electron chi connectivity index (χ4n) is 5.51.